The van der Waals surface area contributed by atoms with Crippen molar-refractivity contribution in [3.63, 3.8) is 0 Å². The lowest BCUT2D eigenvalue weighted by molar-refractivity contribution is -0.385. The third-order valence-electron chi connectivity index (χ3n) is 2.47. The fraction of sp³-hybridized carbons (Fsp3) is 0.462. The average Bonchev–Trinajstić information content (AvgIpc) is 2.36. The van der Waals surface area contributed by atoms with Gasteiger partial charge in [0.2, 0.25) is 0 Å². The van der Waals surface area contributed by atoms with E-state index in [1.807, 2.05) is 13.8 Å². The highest BCUT2D eigenvalue weighted by atomic mass is 35.5. The first kappa shape index (κ1) is 16.4. The van der Waals surface area contributed by atoms with E-state index in [0.717, 1.165) is 0 Å². The summed E-state index contributed by atoms with van der Waals surface area (Å²) in [6.07, 6.45) is 0.776. The van der Waals surface area contributed by atoms with Gasteiger partial charge in [-0.15, -0.1) is 0 Å². The Hall–Kier alpha value is -1.66. The molecule has 1 N–H and O–H groups in total. The number of benzene rings is 1. The Morgan fingerprint density at radius 1 is 1.50 bits per heavy atom. The molecule has 1 amide bonds. The highest BCUT2D eigenvalue weighted by Crippen LogP contribution is 2.27. The van der Waals surface area contributed by atoms with Gasteiger partial charge in [0.25, 0.3) is 5.91 Å². The van der Waals surface area contributed by atoms with Gasteiger partial charge < -0.3 is 10.1 Å². The Balaban J connectivity index is 2.60. The molecule has 0 aliphatic rings. The first-order valence-electron chi connectivity index (χ1n) is 6.26. The van der Waals surface area contributed by atoms with Crippen molar-refractivity contribution in [3.8, 4) is 0 Å². The smallest absolute Gasteiger partial charge is 0.300 e. The number of amides is 1. The van der Waals surface area contributed by atoms with E-state index < -0.39 is 10.8 Å². The Bertz CT molecular complexity index is 491. The molecule has 0 fully saturated rings. The van der Waals surface area contributed by atoms with Gasteiger partial charge >= 0.3 is 5.69 Å². The van der Waals surface area contributed by atoms with E-state index in [1.165, 1.54) is 18.2 Å². The van der Waals surface area contributed by atoms with Gasteiger partial charge in [-0.25, -0.2) is 0 Å². The van der Waals surface area contributed by atoms with E-state index in [9.17, 15) is 14.9 Å². The third kappa shape index (κ3) is 4.79. The Morgan fingerprint density at radius 2 is 2.20 bits per heavy atom. The van der Waals surface area contributed by atoms with Crippen molar-refractivity contribution < 1.29 is 14.5 Å². The summed E-state index contributed by atoms with van der Waals surface area (Å²) in [5.74, 6) is -0.510. The zero-order valence-electron chi connectivity index (χ0n) is 11.4. The Labute approximate surface area is 122 Å². The van der Waals surface area contributed by atoms with Crippen LogP contribution in [0.1, 0.15) is 30.6 Å². The number of para-hydroxylation sites is 1. The molecule has 110 valence electrons. The molecule has 20 heavy (non-hydrogen) atoms. The van der Waals surface area contributed by atoms with Gasteiger partial charge in [0.05, 0.1) is 11.0 Å². The maximum Gasteiger partial charge on any atom is 0.300 e. The van der Waals surface area contributed by atoms with Crippen LogP contribution in [-0.4, -0.2) is 30.1 Å². The van der Waals surface area contributed by atoms with Crippen LogP contribution in [0.25, 0.3) is 0 Å². The lowest BCUT2D eigenvalue weighted by Crippen LogP contribution is -2.26. The number of carbonyl (C=O) groups is 1. The molecule has 0 aliphatic heterocycles. The van der Waals surface area contributed by atoms with Gasteiger partial charge in [-0.2, -0.15) is 0 Å². The van der Waals surface area contributed by atoms with Gasteiger partial charge in [-0.1, -0.05) is 17.7 Å². The molecule has 1 rings (SSSR count). The molecule has 0 saturated heterocycles. The topological polar surface area (TPSA) is 81.5 Å². The molecule has 0 spiro atoms. The zero-order chi connectivity index (χ0) is 15.1. The minimum atomic E-state index is -0.654. The Kier molecular flexibility index (Phi) is 6.41. The van der Waals surface area contributed by atoms with E-state index in [2.05, 4.69) is 5.32 Å². The quantitative estimate of drug-likeness (QED) is 0.477. The number of rotatable bonds is 7. The summed E-state index contributed by atoms with van der Waals surface area (Å²) in [6.45, 7) is 4.76. The molecule has 0 bridgehead atoms. The highest BCUT2D eigenvalue weighted by Gasteiger charge is 2.23. The molecular weight excluding hydrogens is 284 g/mol. The van der Waals surface area contributed by atoms with Crippen molar-refractivity contribution >= 4 is 23.2 Å². The number of nitro benzene ring substituents is 1. The van der Waals surface area contributed by atoms with Crippen LogP contribution in [0.15, 0.2) is 18.2 Å². The number of halogens is 1. The van der Waals surface area contributed by atoms with Crippen LogP contribution in [0.3, 0.4) is 0 Å². The van der Waals surface area contributed by atoms with Crippen molar-refractivity contribution in [2.75, 3.05) is 13.2 Å². The second-order valence-corrected chi connectivity index (χ2v) is 4.83. The molecule has 0 heterocycles. The summed E-state index contributed by atoms with van der Waals surface area (Å²) < 4.78 is 5.33. The van der Waals surface area contributed by atoms with Crippen LogP contribution in [0.2, 0.25) is 5.02 Å². The SMILES string of the molecule is CC(C)OCCCNC(=O)c1cccc(Cl)c1[N+](=O)[O-]. The predicted octanol–water partition coefficient (Wildman–Crippen LogP) is 2.79. The molecule has 1 aromatic carbocycles. The molecule has 0 atom stereocenters. The molecule has 0 radical (unpaired) electrons. The fourth-order valence-electron chi connectivity index (χ4n) is 1.57. The first-order chi connectivity index (χ1) is 9.43. The van der Waals surface area contributed by atoms with Crippen LogP contribution in [-0.2, 0) is 4.74 Å². The van der Waals surface area contributed by atoms with E-state index in [4.69, 9.17) is 16.3 Å². The van der Waals surface area contributed by atoms with E-state index in [-0.39, 0.29) is 22.4 Å². The minimum Gasteiger partial charge on any atom is -0.379 e. The van der Waals surface area contributed by atoms with Gasteiger partial charge in [-0.05, 0) is 32.4 Å². The first-order valence-corrected chi connectivity index (χ1v) is 6.64. The van der Waals surface area contributed by atoms with Gasteiger partial charge in [0.1, 0.15) is 10.6 Å². The van der Waals surface area contributed by atoms with Crippen LogP contribution >= 0.6 is 11.6 Å². The zero-order valence-corrected chi connectivity index (χ0v) is 12.1. The average molecular weight is 301 g/mol. The lowest BCUT2D eigenvalue weighted by Gasteiger charge is -2.08. The minimum absolute atomic E-state index is 0.0349. The fourth-order valence-corrected chi connectivity index (χ4v) is 1.82. The number of carbonyl (C=O) groups excluding carboxylic acids is 1. The summed E-state index contributed by atoms with van der Waals surface area (Å²) >= 11 is 5.75. The molecular formula is C13H17ClN2O4. The van der Waals surface area contributed by atoms with Crippen LogP contribution in [0.4, 0.5) is 5.69 Å². The molecule has 0 saturated carbocycles. The van der Waals surface area contributed by atoms with Crippen molar-refractivity contribution in [1.82, 2.24) is 5.32 Å². The molecule has 0 aromatic heterocycles. The van der Waals surface area contributed by atoms with E-state index >= 15 is 0 Å². The van der Waals surface area contributed by atoms with Gasteiger partial charge in [0, 0.05) is 13.2 Å². The van der Waals surface area contributed by atoms with Crippen molar-refractivity contribution in [1.29, 1.82) is 0 Å². The summed E-state index contributed by atoms with van der Waals surface area (Å²) in [6, 6.07) is 4.27. The number of nitro groups is 1. The van der Waals surface area contributed by atoms with E-state index in [1.54, 1.807) is 0 Å². The normalized spacial score (nSPS) is 10.6. The number of nitrogens with zero attached hydrogens (tertiary/aromatic N) is 1. The van der Waals surface area contributed by atoms with Gasteiger partial charge in [0.15, 0.2) is 0 Å². The van der Waals surface area contributed by atoms with Crippen LogP contribution < -0.4 is 5.32 Å². The number of ether oxygens (including phenoxy) is 1. The maximum atomic E-state index is 11.9. The predicted molar refractivity (Wildman–Crippen MR) is 76.1 cm³/mol. The third-order valence-corrected chi connectivity index (χ3v) is 2.78. The molecule has 6 nitrogen and oxygen atoms in total. The van der Waals surface area contributed by atoms with Gasteiger partial charge in [-0.3, -0.25) is 14.9 Å². The summed E-state index contributed by atoms with van der Waals surface area (Å²) in [5, 5.41) is 13.5. The summed E-state index contributed by atoms with van der Waals surface area (Å²) in [4.78, 5) is 22.2. The summed E-state index contributed by atoms with van der Waals surface area (Å²) in [5.41, 5.74) is -0.405. The summed E-state index contributed by atoms with van der Waals surface area (Å²) in [7, 11) is 0. The standard InChI is InChI=1S/C13H17ClN2O4/c1-9(2)20-8-4-7-15-13(17)10-5-3-6-11(14)12(10)16(18)19/h3,5-6,9H,4,7-8H2,1-2H3,(H,15,17). The van der Waals surface area contributed by atoms with Crippen molar-refractivity contribution in [2.24, 2.45) is 0 Å². The van der Waals surface area contributed by atoms with Crippen LogP contribution in [0, 0.1) is 10.1 Å². The molecule has 0 unspecified atom stereocenters. The monoisotopic (exact) mass is 300 g/mol. The molecule has 1 aromatic rings. The second-order valence-electron chi connectivity index (χ2n) is 4.42. The lowest BCUT2D eigenvalue weighted by atomic mass is 10.1. The number of hydrogen-bond donors (Lipinski definition) is 1. The van der Waals surface area contributed by atoms with E-state index in [0.29, 0.717) is 19.6 Å². The Morgan fingerprint density at radius 3 is 2.80 bits per heavy atom. The van der Waals surface area contributed by atoms with Crippen molar-refractivity contribution in [2.45, 2.75) is 26.4 Å². The molecule has 0 aliphatic carbocycles. The van der Waals surface area contributed by atoms with Crippen molar-refractivity contribution in [3.05, 3.63) is 38.9 Å². The largest absolute Gasteiger partial charge is 0.379 e. The highest BCUT2D eigenvalue weighted by molar-refractivity contribution is 6.33. The number of hydrogen-bond acceptors (Lipinski definition) is 4. The maximum absolute atomic E-state index is 11.9. The second kappa shape index (κ2) is 7.81. The van der Waals surface area contributed by atoms with Crippen LogP contribution in [0.5, 0.6) is 0 Å². The number of nitrogens with one attached hydrogen (secondary N) is 1. The molecule has 7 heteroatoms.